The number of β-amino-alcohol motifs (C(OH)–C–C–N with tert-alkyl or cyclic N) is 1. The number of thiazole rings is 1. The predicted octanol–water partition coefficient (Wildman–Crippen LogP) is 2.16. The molecule has 3 heterocycles. The summed E-state index contributed by atoms with van der Waals surface area (Å²) in [5.41, 5.74) is 3.46. The molecule has 0 unspecified atom stereocenters. The zero-order valence-electron chi connectivity index (χ0n) is 15.7. The average molecular weight is 397 g/mol. The van der Waals surface area contributed by atoms with Gasteiger partial charge in [-0.15, -0.1) is 11.3 Å². The lowest BCUT2D eigenvalue weighted by Gasteiger charge is -2.30. The van der Waals surface area contributed by atoms with Crippen molar-refractivity contribution >= 4 is 27.6 Å². The molecule has 0 saturated carbocycles. The highest BCUT2D eigenvalue weighted by Crippen LogP contribution is 2.21. The Morgan fingerprint density at radius 2 is 2.11 bits per heavy atom. The summed E-state index contributed by atoms with van der Waals surface area (Å²) in [5.74, 6) is -0.0599. The quantitative estimate of drug-likeness (QED) is 0.640. The molecule has 1 aromatic carbocycles. The maximum absolute atomic E-state index is 12.1. The van der Waals surface area contributed by atoms with Gasteiger partial charge in [-0.25, -0.2) is 9.97 Å². The lowest BCUT2D eigenvalue weighted by atomic mass is 10.00. The molecule has 2 aromatic heterocycles. The van der Waals surface area contributed by atoms with Crippen LogP contribution in [0.1, 0.15) is 22.6 Å². The Bertz CT molecular complexity index is 925. The lowest BCUT2D eigenvalue weighted by molar-refractivity contribution is -0.121. The third-order valence-corrected chi connectivity index (χ3v) is 6.06. The van der Waals surface area contributed by atoms with Gasteiger partial charge in [-0.3, -0.25) is 9.69 Å². The third kappa shape index (κ3) is 4.73. The summed E-state index contributed by atoms with van der Waals surface area (Å²) in [6.45, 7) is 2.64. The molecule has 1 amide bonds. The number of aromatic nitrogens is 2. The Morgan fingerprint density at radius 1 is 1.25 bits per heavy atom. The lowest BCUT2D eigenvalue weighted by Crippen LogP contribution is -2.42. The summed E-state index contributed by atoms with van der Waals surface area (Å²) in [7, 11) is 0. The van der Waals surface area contributed by atoms with Crippen LogP contribution in [0.3, 0.4) is 0 Å². The van der Waals surface area contributed by atoms with Crippen LogP contribution in [0.15, 0.2) is 42.6 Å². The fourth-order valence-corrected chi connectivity index (χ4v) is 4.46. The fourth-order valence-electron chi connectivity index (χ4n) is 3.53. The van der Waals surface area contributed by atoms with Gasteiger partial charge in [0.1, 0.15) is 0 Å². The van der Waals surface area contributed by atoms with Crippen molar-refractivity contribution in [2.24, 2.45) is 0 Å². The SMILES string of the molecule is O=C(CCc1nc2ncccc2s1)NC[C@@H](O)CN1CCc2ccccc2C1. The highest BCUT2D eigenvalue weighted by atomic mass is 32.1. The molecule has 0 fully saturated rings. The fraction of sp³-hybridized carbons (Fsp3) is 0.381. The van der Waals surface area contributed by atoms with Crippen molar-refractivity contribution < 1.29 is 9.90 Å². The van der Waals surface area contributed by atoms with E-state index < -0.39 is 6.10 Å². The molecule has 146 valence electrons. The predicted molar refractivity (Wildman–Crippen MR) is 110 cm³/mol. The molecule has 0 spiro atoms. The van der Waals surface area contributed by atoms with Crippen LogP contribution in [0.25, 0.3) is 10.3 Å². The van der Waals surface area contributed by atoms with E-state index in [4.69, 9.17) is 0 Å². The van der Waals surface area contributed by atoms with Gasteiger partial charge in [0.05, 0.1) is 15.8 Å². The van der Waals surface area contributed by atoms with E-state index in [0.717, 1.165) is 34.9 Å². The number of hydrogen-bond donors (Lipinski definition) is 2. The summed E-state index contributed by atoms with van der Waals surface area (Å²) < 4.78 is 1.04. The normalized spacial score (nSPS) is 15.3. The van der Waals surface area contributed by atoms with E-state index in [2.05, 4.69) is 44.5 Å². The minimum absolute atomic E-state index is 0.0599. The number of nitrogens with zero attached hydrogens (tertiary/aromatic N) is 3. The van der Waals surface area contributed by atoms with Gasteiger partial charge in [0, 0.05) is 45.2 Å². The first-order valence-electron chi connectivity index (χ1n) is 9.62. The number of benzene rings is 1. The van der Waals surface area contributed by atoms with Crippen LogP contribution in [-0.2, 0) is 24.2 Å². The molecule has 2 N–H and O–H groups in total. The number of fused-ring (bicyclic) bond motifs is 2. The molecule has 0 radical (unpaired) electrons. The summed E-state index contributed by atoms with van der Waals surface area (Å²) in [5, 5.41) is 14.1. The summed E-state index contributed by atoms with van der Waals surface area (Å²) in [6.07, 6.45) is 3.11. The first-order valence-corrected chi connectivity index (χ1v) is 10.4. The maximum Gasteiger partial charge on any atom is 0.220 e. The zero-order valence-corrected chi connectivity index (χ0v) is 16.5. The van der Waals surface area contributed by atoms with Gasteiger partial charge in [-0.2, -0.15) is 0 Å². The number of amides is 1. The average Bonchev–Trinajstić information content (AvgIpc) is 3.14. The Balaban J connectivity index is 1.19. The molecular weight excluding hydrogens is 372 g/mol. The van der Waals surface area contributed by atoms with E-state index in [-0.39, 0.29) is 12.5 Å². The number of carbonyl (C=O) groups is 1. The Kier molecular flexibility index (Phi) is 5.95. The van der Waals surface area contributed by atoms with Crippen molar-refractivity contribution in [3.05, 3.63) is 58.7 Å². The molecule has 7 heteroatoms. The number of aryl methyl sites for hydroxylation is 1. The van der Waals surface area contributed by atoms with Gasteiger partial charge in [-0.1, -0.05) is 24.3 Å². The van der Waals surface area contributed by atoms with Gasteiger partial charge < -0.3 is 10.4 Å². The monoisotopic (exact) mass is 396 g/mol. The van der Waals surface area contributed by atoms with E-state index in [1.807, 2.05) is 12.1 Å². The number of aliphatic hydroxyl groups is 1. The maximum atomic E-state index is 12.1. The highest BCUT2D eigenvalue weighted by molar-refractivity contribution is 7.18. The van der Waals surface area contributed by atoms with Crippen molar-refractivity contribution in [2.75, 3.05) is 19.6 Å². The molecule has 1 aliphatic heterocycles. The Labute approximate surface area is 168 Å². The molecule has 0 saturated heterocycles. The van der Waals surface area contributed by atoms with Crippen LogP contribution in [0.4, 0.5) is 0 Å². The molecule has 6 nitrogen and oxygen atoms in total. The second-order valence-electron chi connectivity index (χ2n) is 7.14. The van der Waals surface area contributed by atoms with Crippen LogP contribution in [-0.4, -0.2) is 51.6 Å². The summed E-state index contributed by atoms with van der Waals surface area (Å²) in [4.78, 5) is 23.0. The number of aliphatic hydroxyl groups excluding tert-OH is 1. The van der Waals surface area contributed by atoms with Gasteiger partial charge >= 0.3 is 0 Å². The molecule has 0 aliphatic carbocycles. The number of hydrogen-bond acceptors (Lipinski definition) is 6. The highest BCUT2D eigenvalue weighted by Gasteiger charge is 2.18. The van der Waals surface area contributed by atoms with E-state index in [1.165, 1.54) is 11.1 Å². The van der Waals surface area contributed by atoms with E-state index in [1.54, 1.807) is 17.5 Å². The second-order valence-corrected chi connectivity index (χ2v) is 8.26. The Morgan fingerprint density at radius 3 is 2.96 bits per heavy atom. The van der Waals surface area contributed by atoms with Gasteiger partial charge in [0.25, 0.3) is 0 Å². The Hall–Kier alpha value is -2.35. The molecule has 28 heavy (non-hydrogen) atoms. The van der Waals surface area contributed by atoms with Crippen molar-refractivity contribution in [3.63, 3.8) is 0 Å². The van der Waals surface area contributed by atoms with E-state index >= 15 is 0 Å². The van der Waals surface area contributed by atoms with Crippen molar-refractivity contribution in [1.29, 1.82) is 0 Å². The number of rotatable bonds is 7. The molecule has 0 bridgehead atoms. The molecule has 1 atom stereocenters. The van der Waals surface area contributed by atoms with Gasteiger partial charge in [0.2, 0.25) is 5.91 Å². The van der Waals surface area contributed by atoms with Crippen molar-refractivity contribution in [1.82, 2.24) is 20.2 Å². The number of carbonyl (C=O) groups excluding carboxylic acids is 1. The summed E-state index contributed by atoms with van der Waals surface area (Å²) >= 11 is 1.57. The van der Waals surface area contributed by atoms with Crippen molar-refractivity contribution in [2.45, 2.75) is 31.9 Å². The minimum Gasteiger partial charge on any atom is -0.390 e. The standard InChI is InChI=1S/C21H24N4O2S/c26-17(14-25-11-9-15-4-1-2-5-16(15)13-25)12-23-19(27)7-8-20-24-21-18(28-20)6-3-10-22-21/h1-6,10,17,26H,7-9,11-14H2,(H,23,27)/t17-/m1/s1. The first kappa shape index (κ1) is 19.0. The minimum atomic E-state index is -0.569. The molecule has 4 rings (SSSR count). The van der Waals surface area contributed by atoms with Crippen LogP contribution < -0.4 is 5.32 Å². The van der Waals surface area contributed by atoms with Crippen LogP contribution in [0.5, 0.6) is 0 Å². The third-order valence-electron chi connectivity index (χ3n) is 4.99. The number of nitrogens with one attached hydrogen (secondary N) is 1. The number of pyridine rings is 1. The largest absolute Gasteiger partial charge is 0.390 e. The van der Waals surface area contributed by atoms with Crippen LogP contribution in [0.2, 0.25) is 0 Å². The topological polar surface area (TPSA) is 78.3 Å². The van der Waals surface area contributed by atoms with Crippen molar-refractivity contribution in [3.8, 4) is 0 Å². The van der Waals surface area contributed by atoms with E-state index in [9.17, 15) is 9.90 Å². The van der Waals surface area contributed by atoms with Crippen LogP contribution >= 0.6 is 11.3 Å². The van der Waals surface area contributed by atoms with E-state index in [0.29, 0.717) is 19.4 Å². The first-order chi connectivity index (χ1) is 13.7. The molecule has 1 aliphatic rings. The van der Waals surface area contributed by atoms with Gasteiger partial charge in [0.15, 0.2) is 5.65 Å². The summed E-state index contributed by atoms with van der Waals surface area (Å²) in [6, 6.07) is 12.3. The zero-order chi connectivity index (χ0) is 19.3. The smallest absolute Gasteiger partial charge is 0.220 e. The molecule has 3 aromatic rings. The second kappa shape index (κ2) is 8.77. The van der Waals surface area contributed by atoms with Gasteiger partial charge in [-0.05, 0) is 29.7 Å². The van der Waals surface area contributed by atoms with Crippen LogP contribution in [0, 0.1) is 0 Å². The molecular formula is C21H24N4O2S.